The maximum absolute atomic E-state index is 11.2. The summed E-state index contributed by atoms with van der Waals surface area (Å²) in [5.41, 5.74) is 0.757. The molecule has 0 aromatic heterocycles. The molecule has 0 aliphatic rings. The van der Waals surface area contributed by atoms with Gasteiger partial charge >= 0.3 is 0 Å². The van der Waals surface area contributed by atoms with Crippen molar-refractivity contribution in [1.29, 1.82) is 0 Å². The Balaban J connectivity index is 2.49. The van der Waals surface area contributed by atoms with Gasteiger partial charge in [0.15, 0.2) is 0 Å². The zero-order valence-electron chi connectivity index (χ0n) is 13.1. The van der Waals surface area contributed by atoms with Crippen LogP contribution in [-0.2, 0) is 5.54 Å². The highest BCUT2D eigenvalue weighted by molar-refractivity contribution is 5.49. The lowest BCUT2D eigenvalue weighted by Gasteiger charge is -2.46. The van der Waals surface area contributed by atoms with E-state index in [0.717, 1.165) is 11.3 Å². The Kier molecular flexibility index (Phi) is 4.69. The lowest BCUT2D eigenvalue weighted by atomic mass is 9.72. The van der Waals surface area contributed by atoms with Crippen LogP contribution in [0.5, 0.6) is 0 Å². The monoisotopic (exact) mass is 283 g/mol. The van der Waals surface area contributed by atoms with Gasteiger partial charge in [0.05, 0.1) is 11.1 Å². The maximum atomic E-state index is 11.2. The van der Waals surface area contributed by atoms with Gasteiger partial charge in [0, 0.05) is 5.69 Å². The first-order chi connectivity index (χ1) is 10.1. The highest BCUT2D eigenvalue weighted by Crippen LogP contribution is 2.40. The molecule has 0 fully saturated rings. The highest BCUT2D eigenvalue weighted by atomic mass is 16.3. The Bertz CT molecular complexity index is 548. The molecule has 0 heterocycles. The van der Waals surface area contributed by atoms with E-state index in [9.17, 15) is 5.11 Å². The number of benzene rings is 2. The van der Waals surface area contributed by atoms with Gasteiger partial charge in [0.25, 0.3) is 0 Å². The average molecular weight is 283 g/mol. The molecule has 2 heteroatoms. The highest BCUT2D eigenvalue weighted by Gasteiger charge is 2.45. The van der Waals surface area contributed by atoms with E-state index in [-0.39, 0.29) is 0 Å². The van der Waals surface area contributed by atoms with E-state index in [0.29, 0.717) is 12.8 Å². The minimum absolute atomic E-state index is 0.543. The Hall–Kier alpha value is -1.80. The molecule has 0 saturated heterocycles. The van der Waals surface area contributed by atoms with Crippen LogP contribution < -0.4 is 5.32 Å². The van der Waals surface area contributed by atoms with E-state index < -0.39 is 11.1 Å². The third-order valence-corrected chi connectivity index (χ3v) is 4.62. The van der Waals surface area contributed by atoms with E-state index in [1.165, 1.54) is 0 Å². The zero-order valence-corrected chi connectivity index (χ0v) is 13.1. The van der Waals surface area contributed by atoms with Crippen LogP contribution in [0, 0.1) is 0 Å². The van der Waals surface area contributed by atoms with Gasteiger partial charge in [-0.1, -0.05) is 62.4 Å². The Morgan fingerprint density at radius 1 is 0.857 bits per heavy atom. The Morgan fingerprint density at radius 2 is 1.33 bits per heavy atom. The molecule has 21 heavy (non-hydrogen) atoms. The van der Waals surface area contributed by atoms with Crippen molar-refractivity contribution < 1.29 is 5.11 Å². The minimum atomic E-state index is -0.815. The van der Waals surface area contributed by atoms with Gasteiger partial charge in [-0.3, -0.25) is 0 Å². The van der Waals surface area contributed by atoms with E-state index in [1.807, 2.05) is 62.4 Å². The van der Waals surface area contributed by atoms with E-state index in [1.54, 1.807) is 0 Å². The third kappa shape index (κ3) is 2.96. The first-order valence-corrected chi connectivity index (χ1v) is 7.67. The lowest BCUT2D eigenvalue weighted by molar-refractivity contribution is -0.0289. The predicted octanol–water partition coefficient (Wildman–Crippen LogP) is 4.57. The molecule has 0 aliphatic carbocycles. The molecule has 1 atom stereocenters. The number of anilines is 1. The molecule has 112 valence electrons. The lowest BCUT2D eigenvalue weighted by Crippen LogP contribution is -2.54. The molecule has 0 radical (unpaired) electrons. The van der Waals surface area contributed by atoms with Crippen molar-refractivity contribution in [3.05, 3.63) is 66.2 Å². The maximum Gasteiger partial charge on any atom is 0.0910 e. The van der Waals surface area contributed by atoms with Crippen LogP contribution in [0.3, 0.4) is 0 Å². The van der Waals surface area contributed by atoms with E-state index in [4.69, 9.17) is 0 Å². The first kappa shape index (κ1) is 15.6. The summed E-state index contributed by atoms with van der Waals surface area (Å²) in [6.07, 6.45) is 1.38. The fraction of sp³-hybridized carbons (Fsp3) is 0.368. The van der Waals surface area contributed by atoms with Gasteiger partial charge in [-0.15, -0.1) is 0 Å². The van der Waals surface area contributed by atoms with Crippen molar-refractivity contribution in [2.75, 3.05) is 5.32 Å². The number of hydrogen-bond donors (Lipinski definition) is 2. The van der Waals surface area contributed by atoms with Gasteiger partial charge in [-0.05, 0) is 37.5 Å². The van der Waals surface area contributed by atoms with Crippen LogP contribution in [0.15, 0.2) is 60.7 Å². The van der Waals surface area contributed by atoms with Crippen LogP contribution in [0.4, 0.5) is 5.69 Å². The van der Waals surface area contributed by atoms with Crippen LogP contribution in [-0.4, -0.2) is 10.7 Å². The van der Waals surface area contributed by atoms with Crippen molar-refractivity contribution >= 4 is 5.69 Å². The molecule has 0 aliphatic heterocycles. The number of aliphatic hydroxyl groups is 1. The second-order valence-corrected chi connectivity index (χ2v) is 5.72. The molecular weight excluding hydrogens is 258 g/mol. The van der Waals surface area contributed by atoms with Crippen molar-refractivity contribution in [2.45, 2.75) is 44.8 Å². The van der Waals surface area contributed by atoms with E-state index in [2.05, 4.69) is 24.4 Å². The normalized spacial score (nSPS) is 14.5. The van der Waals surface area contributed by atoms with Crippen molar-refractivity contribution in [3.63, 3.8) is 0 Å². The van der Waals surface area contributed by atoms with E-state index >= 15 is 0 Å². The molecule has 0 saturated carbocycles. The summed E-state index contributed by atoms with van der Waals surface area (Å²) in [5.74, 6) is 0. The fourth-order valence-electron chi connectivity index (χ4n) is 3.00. The molecular formula is C19H25NO. The third-order valence-electron chi connectivity index (χ3n) is 4.62. The summed E-state index contributed by atoms with van der Waals surface area (Å²) in [7, 11) is 0. The minimum Gasteiger partial charge on any atom is -0.387 e. The number of rotatable bonds is 6. The Labute approximate surface area is 127 Å². The van der Waals surface area contributed by atoms with Crippen LogP contribution in [0.25, 0.3) is 0 Å². The van der Waals surface area contributed by atoms with Crippen LogP contribution >= 0.6 is 0 Å². The summed E-state index contributed by atoms with van der Waals surface area (Å²) in [6, 6.07) is 20.3. The van der Waals surface area contributed by atoms with Crippen molar-refractivity contribution in [2.24, 2.45) is 0 Å². The van der Waals surface area contributed by atoms with Gasteiger partial charge in [0.2, 0.25) is 0 Å². The van der Waals surface area contributed by atoms with Gasteiger partial charge in [-0.25, -0.2) is 0 Å². The molecule has 0 spiro atoms. The predicted molar refractivity (Wildman–Crippen MR) is 89.4 cm³/mol. The number of hydrogen-bond acceptors (Lipinski definition) is 2. The van der Waals surface area contributed by atoms with Gasteiger partial charge < -0.3 is 10.4 Å². The van der Waals surface area contributed by atoms with Gasteiger partial charge in [-0.2, -0.15) is 0 Å². The molecule has 0 amide bonds. The van der Waals surface area contributed by atoms with Crippen molar-refractivity contribution in [3.8, 4) is 0 Å². The second kappa shape index (κ2) is 6.31. The quantitative estimate of drug-likeness (QED) is 0.814. The smallest absolute Gasteiger partial charge is 0.0910 e. The number of nitrogens with one attached hydrogen (secondary N) is 1. The first-order valence-electron chi connectivity index (χ1n) is 7.67. The zero-order chi connectivity index (χ0) is 15.3. The fourth-order valence-corrected chi connectivity index (χ4v) is 3.00. The molecule has 0 bridgehead atoms. The molecule has 2 rings (SSSR count). The SMILES string of the molecule is CCC(O)(CC)C(C)(Nc1ccccc1)c1ccccc1. The van der Waals surface area contributed by atoms with Crippen molar-refractivity contribution in [1.82, 2.24) is 0 Å². The molecule has 2 aromatic carbocycles. The van der Waals surface area contributed by atoms with Crippen LogP contribution in [0.2, 0.25) is 0 Å². The van der Waals surface area contributed by atoms with Gasteiger partial charge in [0.1, 0.15) is 0 Å². The Morgan fingerprint density at radius 3 is 1.81 bits per heavy atom. The molecule has 2 aromatic rings. The largest absolute Gasteiger partial charge is 0.387 e. The summed E-state index contributed by atoms with van der Waals surface area (Å²) >= 11 is 0. The molecule has 1 unspecified atom stereocenters. The molecule has 2 nitrogen and oxygen atoms in total. The summed E-state index contributed by atoms with van der Waals surface area (Å²) in [5, 5.41) is 14.8. The average Bonchev–Trinajstić information content (AvgIpc) is 2.55. The topological polar surface area (TPSA) is 32.3 Å². The summed E-state index contributed by atoms with van der Waals surface area (Å²) < 4.78 is 0. The standard InChI is InChI=1S/C19H25NO/c1-4-19(21,5-2)18(3,16-12-8-6-9-13-16)20-17-14-10-7-11-15-17/h6-15,20-21H,4-5H2,1-3H3. The van der Waals surface area contributed by atoms with Crippen LogP contribution in [0.1, 0.15) is 39.2 Å². The second-order valence-electron chi connectivity index (χ2n) is 5.72. The summed E-state index contributed by atoms with van der Waals surface area (Å²) in [6.45, 7) is 6.16. The summed E-state index contributed by atoms with van der Waals surface area (Å²) in [4.78, 5) is 0. The molecule has 2 N–H and O–H groups in total. The number of para-hydroxylation sites is 1.